The zero-order valence-electron chi connectivity index (χ0n) is 11.0. The van der Waals surface area contributed by atoms with Crippen molar-refractivity contribution < 1.29 is 9.90 Å². The smallest absolute Gasteiger partial charge is 0.337 e. The number of benzene rings is 1. The first-order valence-electron chi connectivity index (χ1n) is 5.97. The van der Waals surface area contributed by atoms with Crippen molar-refractivity contribution in [2.45, 2.75) is 33.7 Å². The van der Waals surface area contributed by atoms with E-state index in [0.717, 1.165) is 0 Å². The summed E-state index contributed by atoms with van der Waals surface area (Å²) in [5.41, 5.74) is 1.17. The lowest BCUT2D eigenvalue weighted by Crippen LogP contribution is -2.13. The number of carboxylic acid groups (broad SMARTS) is 1. The van der Waals surface area contributed by atoms with Crippen molar-refractivity contribution >= 4 is 23.3 Å². The SMILES string of the molecule is CC1(C)C(Nc2ccc(Cl)cc2C(=O)O)C1(C)C. The second kappa shape index (κ2) is 3.89. The van der Waals surface area contributed by atoms with Crippen LogP contribution in [0.25, 0.3) is 0 Å². The van der Waals surface area contributed by atoms with Crippen LogP contribution in [0.1, 0.15) is 38.1 Å². The molecule has 1 aliphatic rings. The molecule has 0 atom stereocenters. The molecule has 0 aromatic heterocycles. The summed E-state index contributed by atoms with van der Waals surface area (Å²) in [5.74, 6) is -0.962. The Morgan fingerprint density at radius 3 is 2.28 bits per heavy atom. The van der Waals surface area contributed by atoms with E-state index in [1.165, 1.54) is 6.07 Å². The molecular weight excluding hydrogens is 250 g/mol. The first kappa shape index (κ1) is 13.2. The van der Waals surface area contributed by atoms with Crippen LogP contribution in [0.15, 0.2) is 18.2 Å². The van der Waals surface area contributed by atoms with Gasteiger partial charge in [-0.3, -0.25) is 0 Å². The molecule has 0 unspecified atom stereocenters. The number of carbonyl (C=O) groups is 1. The van der Waals surface area contributed by atoms with Gasteiger partial charge in [0.05, 0.1) is 5.56 Å². The van der Waals surface area contributed by atoms with Crippen LogP contribution in [0.5, 0.6) is 0 Å². The van der Waals surface area contributed by atoms with Crippen molar-refractivity contribution in [3.63, 3.8) is 0 Å². The van der Waals surface area contributed by atoms with E-state index in [-0.39, 0.29) is 22.4 Å². The van der Waals surface area contributed by atoms with Crippen LogP contribution < -0.4 is 5.32 Å². The molecule has 2 N–H and O–H groups in total. The number of aromatic carboxylic acids is 1. The lowest BCUT2D eigenvalue weighted by molar-refractivity contribution is 0.0698. The van der Waals surface area contributed by atoms with Crippen molar-refractivity contribution in [3.8, 4) is 0 Å². The van der Waals surface area contributed by atoms with Crippen LogP contribution in [-0.4, -0.2) is 17.1 Å². The fraction of sp³-hybridized carbons (Fsp3) is 0.500. The topological polar surface area (TPSA) is 49.3 Å². The predicted octanol–water partition coefficient (Wildman–Crippen LogP) is 3.88. The third-order valence-corrected chi connectivity index (χ3v) is 4.77. The third-order valence-electron chi connectivity index (χ3n) is 4.53. The van der Waals surface area contributed by atoms with Crippen molar-refractivity contribution in [1.29, 1.82) is 0 Å². The molecule has 2 rings (SSSR count). The molecule has 0 bridgehead atoms. The summed E-state index contributed by atoms with van der Waals surface area (Å²) < 4.78 is 0. The van der Waals surface area contributed by atoms with Gasteiger partial charge in [-0.05, 0) is 29.0 Å². The predicted molar refractivity (Wildman–Crippen MR) is 73.4 cm³/mol. The first-order chi connectivity index (χ1) is 8.18. The Labute approximate surface area is 112 Å². The summed E-state index contributed by atoms with van der Waals surface area (Å²) in [4.78, 5) is 11.2. The molecule has 3 nitrogen and oxygen atoms in total. The van der Waals surface area contributed by atoms with Crippen molar-refractivity contribution in [2.24, 2.45) is 10.8 Å². The Bertz CT molecular complexity index is 495. The minimum Gasteiger partial charge on any atom is -0.478 e. The van der Waals surface area contributed by atoms with Gasteiger partial charge in [0.2, 0.25) is 0 Å². The minimum absolute atomic E-state index is 0.155. The summed E-state index contributed by atoms with van der Waals surface area (Å²) >= 11 is 5.83. The number of hydrogen-bond acceptors (Lipinski definition) is 2. The van der Waals surface area contributed by atoms with Crippen molar-refractivity contribution in [2.75, 3.05) is 5.32 Å². The monoisotopic (exact) mass is 267 g/mol. The van der Waals surface area contributed by atoms with E-state index < -0.39 is 5.97 Å². The Kier molecular flexibility index (Phi) is 2.85. The zero-order valence-corrected chi connectivity index (χ0v) is 11.8. The van der Waals surface area contributed by atoms with Crippen molar-refractivity contribution in [1.82, 2.24) is 0 Å². The van der Waals surface area contributed by atoms with Gasteiger partial charge in [-0.15, -0.1) is 0 Å². The zero-order chi connectivity index (χ0) is 13.7. The number of hydrogen-bond donors (Lipinski definition) is 2. The van der Waals surface area contributed by atoms with Gasteiger partial charge in [-0.1, -0.05) is 39.3 Å². The van der Waals surface area contributed by atoms with Gasteiger partial charge in [0.15, 0.2) is 0 Å². The summed E-state index contributed by atoms with van der Waals surface area (Å²) in [6.07, 6.45) is 0. The van der Waals surface area contributed by atoms with Gasteiger partial charge < -0.3 is 10.4 Å². The highest BCUT2D eigenvalue weighted by molar-refractivity contribution is 6.31. The van der Waals surface area contributed by atoms with E-state index in [2.05, 4.69) is 33.0 Å². The fourth-order valence-electron chi connectivity index (χ4n) is 2.53. The van der Waals surface area contributed by atoms with E-state index in [1.54, 1.807) is 12.1 Å². The molecule has 0 saturated heterocycles. The van der Waals surface area contributed by atoms with Gasteiger partial charge >= 0.3 is 5.97 Å². The van der Waals surface area contributed by atoms with E-state index in [4.69, 9.17) is 11.6 Å². The van der Waals surface area contributed by atoms with E-state index in [0.29, 0.717) is 10.7 Å². The number of rotatable bonds is 3. The third kappa shape index (κ3) is 1.87. The highest BCUT2D eigenvalue weighted by Crippen LogP contribution is 2.63. The molecule has 1 fully saturated rings. The molecule has 0 aliphatic heterocycles. The number of halogens is 1. The van der Waals surface area contributed by atoms with E-state index in [9.17, 15) is 9.90 Å². The van der Waals surface area contributed by atoms with Gasteiger partial charge in [-0.2, -0.15) is 0 Å². The Balaban J connectivity index is 2.29. The van der Waals surface area contributed by atoms with Crippen LogP contribution in [0.2, 0.25) is 5.02 Å². The molecule has 1 saturated carbocycles. The van der Waals surface area contributed by atoms with E-state index >= 15 is 0 Å². The maximum atomic E-state index is 11.2. The van der Waals surface area contributed by atoms with Gasteiger partial charge in [-0.25, -0.2) is 4.79 Å². The number of anilines is 1. The van der Waals surface area contributed by atoms with Gasteiger partial charge in [0.25, 0.3) is 0 Å². The van der Waals surface area contributed by atoms with Crippen molar-refractivity contribution in [3.05, 3.63) is 28.8 Å². The van der Waals surface area contributed by atoms with Crippen LogP contribution in [0.3, 0.4) is 0 Å². The molecule has 1 aliphatic carbocycles. The standard InChI is InChI=1S/C14H18ClNO2/c1-13(2)12(14(13,3)4)16-10-6-5-8(15)7-9(10)11(17)18/h5-7,12,16H,1-4H3,(H,17,18). The molecule has 0 heterocycles. The highest BCUT2D eigenvalue weighted by Gasteiger charge is 2.65. The largest absolute Gasteiger partial charge is 0.478 e. The van der Waals surface area contributed by atoms with Gasteiger partial charge in [0.1, 0.15) is 0 Å². The lowest BCUT2D eigenvalue weighted by Gasteiger charge is -2.11. The fourth-order valence-corrected chi connectivity index (χ4v) is 2.70. The Hall–Kier alpha value is -1.22. The maximum absolute atomic E-state index is 11.2. The van der Waals surface area contributed by atoms with Gasteiger partial charge in [0, 0.05) is 16.8 Å². The minimum atomic E-state index is -0.962. The van der Waals surface area contributed by atoms with Crippen LogP contribution in [0, 0.1) is 10.8 Å². The molecule has 18 heavy (non-hydrogen) atoms. The molecule has 0 radical (unpaired) electrons. The normalized spacial score (nSPS) is 20.5. The van der Waals surface area contributed by atoms with Crippen LogP contribution in [-0.2, 0) is 0 Å². The molecule has 4 heteroatoms. The molecular formula is C14H18ClNO2. The van der Waals surface area contributed by atoms with Crippen LogP contribution >= 0.6 is 11.6 Å². The molecule has 0 amide bonds. The van der Waals surface area contributed by atoms with E-state index in [1.807, 2.05) is 0 Å². The number of nitrogens with one attached hydrogen (secondary N) is 1. The van der Waals surface area contributed by atoms with Crippen LogP contribution in [0.4, 0.5) is 5.69 Å². The molecule has 0 spiro atoms. The Morgan fingerprint density at radius 1 is 1.28 bits per heavy atom. The maximum Gasteiger partial charge on any atom is 0.337 e. The molecule has 98 valence electrons. The average molecular weight is 268 g/mol. The number of carboxylic acids is 1. The quantitative estimate of drug-likeness (QED) is 0.874. The molecule has 1 aromatic rings. The Morgan fingerprint density at radius 2 is 1.83 bits per heavy atom. The highest BCUT2D eigenvalue weighted by atomic mass is 35.5. The second-order valence-electron chi connectivity index (χ2n) is 6.02. The lowest BCUT2D eigenvalue weighted by atomic mass is 10.0. The summed E-state index contributed by atoms with van der Waals surface area (Å²) in [6.45, 7) is 8.73. The summed E-state index contributed by atoms with van der Waals surface area (Å²) in [5, 5.41) is 13.0. The summed E-state index contributed by atoms with van der Waals surface area (Å²) in [6, 6.07) is 5.19. The average Bonchev–Trinajstić information content (AvgIpc) is 2.62. The first-order valence-corrected chi connectivity index (χ1v) is 6.35. The molecule has 1 aromatic carbocycles. The summed E-state index contributed by atoms with van der Waals surface area (Å²) in [7, 11) is 0. The second-order valence-corrected chi connectivity index (χ2v) is 6.45.